The molecule has 3 fully saturated rings. The zero-order valence-corrected chi connectivity index (χ0v) is 10.5. The van der Waals surface area contributed by atoms with Gasteiger partial charge in [0.15, 0.2) is 0 Å². The number of nitrogens with one attached hydrogen (secondary N) is 1. The Balaban J connectivity index is 1.72. The van der Waals surface area contributed by atoms with Gasteiger partial charge >= 0.3 is 5.97 Å². The van der Waals surface area contributed by atoms with E-state index in [9.17, 15) is 14.7 Å². The SMILES string of the molecule is O=C(O)C1CC2CCC1N2C(=O)[C@@H]1CCCCN1. The summed E-state index contributed by atoms with van der Waals surface area (Å²) in [5.74, 6) is -0.932. The monoisotopic (exact) mass is 252 g/mol. The fraction of sp³-hybridized carbons (Fsp3) is 0.846. The topological polar surface area (TPSA) is 69.6 Å². The van der Waals surface area contributed by atoms with Crippen LogP contribution in [0.1, 0.15) is 38.5 Å². The Morgan fingerprint density at radius 3 is 2.61 bits per heavy atom. The highest BCUT2D eigenvalue weighted by Gasteiger charge is 2.52. The Labute approximate surface area is 107 Å². The molecule has 0 aliphatic carbocycles. The lowest BCUT2D eigenvalue weighted by atomic mass is 9.89. The van der Waals surface area contributed by atoms with Crippen LogP contribution < -0.4 is 5.32 Å². The molecule has 2 N–H and O–H groups in total. The zero-order chi connectivity index (χ0) is 12.7. The Kier molecular flexibility index (Phi) is 3.01. The van der Waals surface area contributed by atoms with Crippen molar-refractivity contribution in [1.29, 1.82) is 0 Å². The molecule has 0 spiro atoms. The van der Waals surface area contributed by atoms with Gasteiger partial charge in [-0.2, -0.15) is 0 Å². The van der Waals surface area contributed by atoms with Gasteiger partial charge in [-0.1, -0.05) is 6.42 Å². The number of carbonyl (C=O) groups excluding carboxylic acids is 1. The van der Waals surface area contributed by atoms with Crippen molar-refractivity contribution in [2.75, 3.05) is 6.54 Å². The predicted octanol–water partition coefficient (Wildman–Crippen LogP) is 0.593. The summed E-state index contributed by atoms with van der Waals surface area (Å²) in [6.07, 6.45) is 5.61. The van der Waals surface area contributed by atoms with Crippen LogP contribution in [0.25, 0.3) is 0 Å². The largest absolute Gasteiger partial charge is 0.481 e. The van der Waals surface area contributed by atoms with Crippen LogP contribution in [-0.4, -0.2) is 46.6 Å². The van der Waals surface area contributed by atoms with Crippen molar-refractivity contribution < 1.29 is 14.7 Å². The van der Waals surface area contributed by atoms with E-state index in [1.807, 2.05) is 4.90 Å². The number of carboxylic acids is 1. The first-order valence-corrected chi connectivity index (χ1v) is 6.97. The van der Waals surface area contributed by atoms with Crippen LogP contribution in [0.2, 0.25) is 0 Å². The number of aliphatic carboxylic acids is 1. The summed E-state index contributed by atoms with van der Waals surface area (Å²) < 4.78 is 0. The molecule has 0 aromatic carbocycles. The van der Waals surface area contributed by atoms with Crippen LogP contribution in [0.4, 0.5) is 0 Å². The molecule has 0 aromatic heterocycles. The van der Waals surface area contributed by atoms with E-state index in [1.165, 1.54) is 0 Å². The minimum atomic E-state index is -0.739. The van der Waals surface area contributed by atoms with E-state index in [4.69, 9.17) is 0 Å². The predicted molar refractivity (Wildman–Crippen MR) is 65.0 cm³/mol. The van der Waals surface area contributed by atoms with Crippen LogP contribution in [0.3, 0.4) is 0 Å². The molecule has 18 heavy (non-hydrogen) atoms. The van der Waals surface area contributed by atoms with Crippen molar-refractivity contribution in [2.45, 2.75) is 56.7 Å². The minimum absolute atomic E-state index is 0.0521. The van der Waals surface area contributed by atoms with Crippen LogP contribution >= 0.6 is 0 Å². The van der Waals surface area contributed by atoms with Gasteiger partial charge in [-0.15, -0.1) is 0 Å². The molecule has 3 unspecified atom stereocenters. The molecule has 3 aliphatic heterocycles. The summed E-state index contributed by atoms with van der Waals surface area (Å²) in [6.45, 7) is 0.905. The molecule has 3 rings (SSSR count). The minimum Gasteiger partial charge on any atom is -0.481 e. The van der Waals surface area contributed by atoms with Crippen LogP contribution in [0.5, 0.6) is 0 Å². The quantitative estimate of drug-likeness (QED) is 0.755. The summed E-state index contributed by atoms with van der Waals surface area (Å²) in [4.78, 5) is 25.6. The number of hydrogen-bond acceptors (Lipinski definition) is 3. The van der Waals surface area contributed by atoms with Gasteiger partial charge in [0.2, 0.25) is 5.91 Å². The Hall–Kier alpha value is -1.10. The number of carbonyl (C=O) groups is 2. The fourth-order valence-electron chi connectivity index (χ4n) is 3.84. The Morgan fingerprint density at radius 1 is 1.17 bits per heavy atom. The molecule has 3 heterocycles. The number of amides is 1. The van der Waals surface area contributed by atoms with Gasteiger partial charge in [-0.05, 0) is 38.6 Å². The standard InChI is InChI=1S/C13H20N2O3/c16-12(10-3-1-2-6-14-10)15-8-4-5-11(15)9(7-8)13(17)18/h8-11,14H,1-7H2,(H,17,18)/t8?,9?,10-,11?/m0/s1. The number of nitrogens with zero attached hydrogens (tertiary/aromatic N) is 1. The smallest absolute Gasteiger partial charge is 0.308 e. The molecular formula is C13H20N2O3. The number of fused-ring (bicyclic) bond motifs is 2. The van der Waals surface area contributed by atoms with Crippen molar-refractivity contribution in [2.24, 2.45) is 5.92 Å². The molecule has 0 saturated carbocycles. The van der Waals surface area contributed by atoms with Gasteiger partial charge < -0.3 is 15.3 Å². The number of carboxylic acid groups (broad SMARTS) is 1. The average molecular weight is 252 g/mol. The number of hydrogen-bond donors (Lipinski definition) is 2. The highest BCUT2D eigenvalue weighted by atomic mass is 16.4. The normalized spacial score (nSPS) is 39.0. The van der Waals surface area contributed by atoms with Gasteiger partial charge in [0.25, 0.3) is 0 Å². The molecule has 100 valence electrons. The van der Waals surface area contributed by atoms with E-state index in [1.54, 1.807) is 0 Å². The summed E-state index contributed by atoms with van der Waals surface area (Å²) >= 11 is 0. The second-order valence-corrected chi connectivity index (χ2v) is 5.73. The van der Waals surface area contributed by atoms with Crippen molar-refractivity contribution >= 4 is 11.9 Å². The van der Waals surface area contributed by atoms with Crippen molar-refractivity contribution in [3.63, 3.8) is 0 Å². The molecule has 5 nitrogen and oxygen atoms in total. The van der Waals surface area contributed by atoms with Gasteiger partial charge in [0, 0.05) is 12.1 Å². The second kappa shape index (κ2) is 4.53. The van der Waals surface area contributed by atoms with Gasteiger partial charge in [0.1, 0.15) is 0 Å². The van der Waals surface area contributed by atoms with E-state index < -0.39 is 5.97 Å². The van der Waals surface area contributed by atoms with Crippen LogP contribution in [0.15, 0.2) is 0 Å². The fourth-order valence-corrected chi connectivity index (χ4v) is 3.84. The first-order valence-electron chi connectivity index (χ1n) is 6.97. The first-order chi connectivity index (χ1) is 8.68. The van der Waals surface area contributed by atoms with Crippen molar-refractivity contribution in [3.8, 4) is 0 Å². The Bertz CT molecular complexity index is 365. The lowest BCUT2D eigenvalue weighted by Gasteiger charge is -2.30. The van der Waals surface area contributed by atoms with E-state index in [0.29, 0.717) is 6.42 Å². The highest BCUT2D eigenvalue weighted by Crippen LogP contribution is 2.42. The van der Waals surface area contributed by atoms with Gasteiger partial charge in [-0.25, -0.2) is 0 Å². The molecule has 2 bridgehead atoms. The average Bonchev–Trinajstić information content (AvgIpc) is 2.96. The molecule has 3 aliphatic rings. The maximum absolute atomic E-state index is 12.5. The van der Waals surface area contributed by atoms with Crippen molar-refractivity contribution in [3.05, 3.63) is 0 Å². The highest BCUT2D eigenvalue weighted by molar-refractivity contribution is 5.85. The van der Waals surface area contributed by atoms with Crippen molar-refractivity contribution in [1.82, 2.24) is 10.2 Å². The summed E-state index contributed by atoms with van der Waals surface area (Å²) in [7, 11) is 0. The lowest BCUT2D eigenvalue weighted by molar-refractivity contribution is -0.143. The third kappa shape index (κ3) is 1.81. The zero-order valence-electron chi connectivity index (χ0n) is 10.5. The Morgan fingerprint density at radius 2 is 2.00 bits per heavy atom. The van der Waals surface area contributed by atoms with E-state index in [-0.39, 0.29) is 30.0 Å². The third-order valence-corrected chi connectivity index (χ3v) is 4.72. The maximum atomic E-state index is 12.5. The van der Waals surface area contributed by atoms with E-state index >= 15 is 0 Å². The van der Waals surface area contributed by atoms with Gasteiger partial charge in [0.05, 0.1) is 12.0 Å². The molecule has 1 amide bonds. The molecule has 0 radical (unpaired) electrons. The first kappa shape index (κ1) is 12.0. The second-order valence-electron chi connectivity index (χ2n) is 5.73. The summed E-state index contributed by atoms with van der Waals surface area (Å²) in [5.41, 5.74) is 0. The van der Waals surface area contributed by atoms with E-state index in [0.717, 1.165) is 38.6 Å². The molecule has 0 aromatic rings. The molecule has 4 atom stereocenters. The van der Waals surface area contributed by atoms with Crippen LogP contribution in [-0.2, 0) is 9.59 Å². The molecule has 3 saturated heterocycles. The van der Waals surface area contributed by atoms with Gasteiger partial charge in [-0.3, -0.25) is 9.59 Å². The number of piperidine rings is 1. The number of rotatable bonds is 2. The van der Waals surface area contributed by atoms with E-state index in [2.05, 4.69) is 5.32 Å². The summed E-state index contributed by atoms with van der Waals surface area (Å²) in [6, 6.07) is 0.0467. The van der Waals surface area contributed by atoms with Crippen LogP contribution in [0, 0.1) is 5.92 Å². The lowest BCUT2D eigenvalue weighted by Crippen LogP contribution is -2.50. The molecule has 5 heteroatoms. The third-order valence-electron chi connectivity index (χ3n) is 4.72. The molecular weight excluding hydrogens is 232 g/mol. The maximum Gasteiger partial charge on any atom is 0.308 e. The summed E-state index contributed by atoms with van der Waals surface area (Å²) in [5, 5.41) is 12.5.